The minimum Gasteiger partial charge on any atom is -0.488 e. The van der Waals surface area contributed by atoms with Gasteiger partial charge in [-0.3, -0.25) is 4.99 Å². The molecule has 0 amide bonds. The Morgan fingerprint density at radius 2 is 2.11 bits per heavy atom. The fraction of sp³-hybridized carbons (Fsp3) is 0.421. The van der Waals surface area contributed by atoms with Crippen molar-refractivity contribution < 1.29 is 9.47 Å². The third-order valence-electron chi connectivity index (χ3n) is 4.13. The standard InChI is InChI=1S/C19H24BrN3O2S.HI/c1-13-3-4-14(17(9-13)25-15-7-8-24-12-15)10-22-19(21-2)23-11-16-5-6-18(20)26-16;/h3-6,9,15H,7-8,10-12H2,1-2H3,(H2,21,22,23);1H. The molecule has 27 heavy (non-hydrogen) atoms. The topological polar surface area (TPSA) is 54.9 Å². The number of hydrogen-bond donors (Lipinski definition) is 2. The van der Waals surface area contributed by atoms with Gasteiger partial charge in [-0.05, 0) is 46.6 Å². The summed E-state index contributed by atoms with van der Waals surface area (Å²) < 4.78 is 12.7. The minimum atomic E-state index is 0. The largest absolute Gasteiger partial charge is 0.488 e. The predicted molar refractivity (Wildman–Crippen MR) is 126 cm³/mol. The lowest BCUT2D eigenvalue weighted by Gasteiger charge is -2.18. The van der Waals surface area contributed by atoms with Crippen molar-refractivity contribution >= 4 is 57.2 Å². The van der Waals surface area contributed by atoms with Crippen LogP contribution in [0.25, 0.3) is 0 Å². The number of benzene rings is 1. The van der Waals surface area contributed by atoms with Gasteiger partial charge in [-0.15, -0.1) is 35.3 Å². The van der Waals surface area contributed by atoms with Gasteiger partial charge < -0.3 is 20.1 Å². The summed E-state index contributed by atoms with van der Waals surface area (Å²) in [6.45, 7) is 4.92. The summed E-state index contributed by atoms with van der Waals surface area (Å²) in [5.41, 5.74) is 2.30. The van der Waals surface area contributed by atoms with Crippen LogP contribution in [0.4, 0.5) is 0 Å². The Kier molecular flexibility index (Phi) is 9.34. The van der Waals surface area contributed by atoms with Crippen molar-refractivity contribution in [3.05, 3.63) is 50.1 Å². The van der Waals surface area contributed by atoms with Crippen LogP contribution in [0.1, 0.15) is 22.4 Å². The highest BCUT2D eigenvalue weighted by atomic mass is 127. The molecule has 148 valence electrons. The molecule has 0 aliphatic carbocycles. The van der Waals surface area contributed by atoms with Gasteiger partial charge >= 0.3 is 0 Å². The van der Waals surface area contributed by atoms with E-state index in [0.717, 1.165) is 40.6 Å². The summed E-state index contributed by atoms with van der Waals surface area (Å²) in [5.74, 6) is 1.69. The van der Waals surface area contributed by atoms with E-state index in [1.165, 1.54) is 10.4 Å². The smallest absolute Gasteiger partial charge is 0.191 e. The molecule has 1 aliphatic heterocycles. The van der Waals surface area contributed by atoms with Crippen LogP contribution in [-0.4, -0.2) is 32.3 Å². The molecule has 2 heterocycles. The van der Waals surface area contributed by atoms with Crippen LogP contribution in [0.2, 0.25) is 0 Å². The Bertz CT molecular complexity index is 763. The molecule has 2 N–H and O–H groups in total. The summed E-state index contributed by atoms with van der Waals surface area (Å²) in [5, 5.41) is 6.71. The molecule has 1 aliphatic rings. The average molecular weight is 566 g/mol. The van der Waals surface area contributed by atoms with Crippen LogP contribution in [0, 0.1) is 6.92 Å². The predicted octanol–water partition coefficient (Wildman–Crippen LogP) is 4.47. The van der Waals surface area contributed by atoms with Crippen LogP contribution < -0.4 is 15.4 Å². The van der Waals surface area contributed by atoms with Gasteiger partial charge in [-0.25, -0.2) is 0 Å². The molecule has 1 saturated heterocycles. The van der Waals surface area contributed by atoms with Gasteiger partial charge in [0.15, 0.2) is 5.96 Å². The summed E-state index contributed by atoms with van der Waals surface area (Å²) in [4.78, 5) is 5.55. The molecular formula is C19H25BrIN3O2S. The molecule has 1 unspecified atom stereocenters. The highest BCUT2D eigenvalue weighted by Crippen LogP contribution is 2.24. The zero-order valence-corrected chi connectivity index (χ0v) is 20.2. The zero-order chi connectivity index (χ0) is 18.4. The molecule has 0 spiro atoms. The molecule has 1 aromatic heterocycles. The maximum atomic E-state index is 6.16. The lowest BCUT2D eigenvalue weighted by Crippen LogP contribution is -2.36. The van der Waals surface area contributed by atoms with Gasteiger partial charge in [0.25, 0.3) is 0 Å². The maximum Gasteiger partial charge on any atom is 0.191 e. The molecule has 0 saturated carbocycles. The fourth-order valence-electron chi connectivity index (χ4n) is 2.72. The van der Waals surface area contributed by atoms with Crippen LogP contribution >= 0.6 is 51.2 Å². The lowest BCUT2D eigenvalue weighted by atomic mass is 10.1. The van der Waals surface area contributed by atoms with Crippen molar-refractivity contribution in [2.24, 2.45) is 4.99 Å². The molecule has 3 rings (SSSR count). The zero-order valence-electron chi connectivity index (χ0n) is 15.5. The maximum absolute atomic E-state index is 6.16. The highest BCUT2D eigenvalue weighted by Gasteiger charge is 2.18. The Morgan fingerprint density at radius 3 is 2.78 bits per heavy atom. The van der Waals surface area contributed by atoms with Gasteiger partial charge in [-0.2, -0.15) is 0 Å². The number of aliphatic imine (C=N–C) groups is 1. The summed E-state index contributed by atoms with van der Waals surface area (Å²) in [6, 6.07) is 10.5. The Hall–Kier alpha value is -0.840. The van der Waals surface area contributed by atoms with E-state index in [2.05, 4.69) is 68.8 Å². The second-order valence-corrected chi connectivity index (χ2v) is 8.75. The van der Waals surface area contributed by atoms with E-state index in [1.54, 1.807) is 18.4 Å². The first-order valence-electron chi connectivity index (χ1n) is 8.66. The van der Waals surface area contributed by atoms with Gasteiger partial charge in [0.1, 0.15) is 11.9 Å². The van der Waals surface area contributed by atoms with Gasteiger partial charge in [0.05, 0.1) is 23.5 Å². The van der Waals surface area contributed by atoms with Crippen molar-refractivity contribution in [3.8, 4) is 5.75 Å². The number of halogens is 2. The van der Waals surface area contributed by atoms with Gasteiger partial charge in [0.2, 0.25) is 0 Å². The second-order valence-electron chi connectivity index (χ2n) is 6.20. The van der Waals surface area contributed by atoms with Gasteiger partial charge in [-0.1, -0.05) is 12.1 Å². The number of guanidine groups is 1. The first-order chi connectivity index (χ1) is 12.6. The first kappa shape index (κ1) is 22.4. The molecule has 0 radical (unpaired) electrons. The number of ether oxygens (including phenoxy) is 2. The summed E-state index contributed by atoms with van der Waals surface area (Å²) >= 11 is 5.21. The van der Waals surface area contributed by atoms with Crippen LogP contribution in [0.5, 0.6) is 5.75 Å². The number of rotatable bonds is 6. The van der Waals surface area contributed by atoms with Crippen molar-refractivity contribution in [1.29, 1.82) is 0 Å². The van der Waals surface area contributed by atoms with E-state index >= 15 is 0 Å². The molecule has 2 aromatic rings. The average Bonchev–Trinajstić information content (AvgIpc) is 3.28. The first-order valence-corrected chi connectivity index (χ1v) is 10.3. The van der Waals surface area contributed by atoms with Crippen molar-refractivity contribution in [2.45, 2.75) is 32.5 Å². The number of nitrogens with zero attached hydrogens (tertiary/aromatic N) is 1. The summed E-state index contributed by atoms with van der Waals surface area (Å²) in [6.07, 6.45) is 1.09. The van der Waals surface area contributed by atoms with Crippen molar-refractivity contribution in [3.63, 3.8) is 0 Å². The van der Waals surface area contributed by atoms with E-state index < -0.39 is 0 Å². The molecule has 1 fully saturated rings. The normalized spacial score (nSPS) is 16.7. The Balaban J connectivity index is 0.00000261. The molecule has 8 heteroatoms. The third kappa shape index (κ3) is 6.92. The monoisotopic (exact) mass is 565 g/mol. The Labute approximate surface area is 190 Å². The Morgan fingerprint density at radius 1 is 1.30 bits per heavy atom. The van der Waals surface area contributed by atoms with E-state index in [1.807, 2.05) is 0 Å². The highest BCUT2D eigenvalue weighted by molar-refractivity contribution is 14.0. The fourth-order valence-corrected chi connectivity index (χ4v) is 4.14. The molecular weight excluding hydrogens is 541 g/mol. The minimum absolute atomic E-state index is 0. The molecule has 1 atom stereocenters. The van der Waals surface area contributed by atoms with E-state index in [9.17, 15) is 0 Å². The van der Waals surface area contributed by atoms with E-state index in [4.69, 9.17) is 9.47 Å². The van der Waals surface area contributed by atoms with Crippen molar-refractivity contribution in [1.82, 2.24) is 10.6 Å². The summed E-state index contributed by atoms with van der Waals surface area (Å²) in [7, 11) is 1.78. The quantitative estimate of drug-likeness (QED) is 0.308. The molecule has 0 bridgehead atoms. The number of aryl methyl sites for hydroxylation is 1. The lowest BCUT2D eigenvalue weighted by molar-refractivity contribution is 0.140. The van der Waals surface area contributed by atoms with E-state index in [-0.39, 0.29) is 30.1 Å². The number of thiophene rings is 1. The number of nitrogens with one attached hydrogen (secondary N) is 2. The second kappa shape index (κ2) is 11.2. The number of hydrogen-bond acceptors (Lipinski definition) is 4. The SMILES string of the molecule is CN=C(NCc1ccc(Br)s1)NCc1ccc(C)cc1OC1CCOC1.I. The van der Waals surface area contributed by atoms with Gasteiger partial charge in [0, 0.05) is 30.5 Å². The third-order valence-corrected chi connectivity index (χ3v) is 5.76. The van der Waals surface area contributed by atoms with E-state index in [0.29, 0.717) is 13.2 Å². The van der Waals surface area contributed by atoms with Crippen LogP contribution in [-0.2, 0) is 17.8 Å². The van der Waals surface area contributed by atoms with Crippen molar-refractivity contribution in [2.75, 3.05) is 20.3 Å². The molecule has 1 aromatic carbocycles. The molecule has 5 nitrogen and oxygen atoms in total. The van der Waals surface area contributed by atoms with Crippen LogP contribution in [0.3, 0.4) is 0 Å². The van der Waals surface area contributed by atoms with Crippen LogP contribution in [0.15, 0.2) is 39.1 Å².